The third kappa shape index (κ3) is 2.82. The zero-order chi connectivity index (χ0) is 12.4. The van der Waals surface area contributed by atoms with Crippen molar-refractivity contribution in [3.05, 3.63) is 33.8 Å². The van der Waals surface area contributed by atoms with Gasteiger partial charge in [0.15, 0.2) is 0 Å². The van der Waals surface area contributed by atoms with Crippen molar-refractivity contribution in [2.45, 2.75) is 25.8 Å². The van der Waals surface area contributed by atoms with Crippen molar-refractivity contribution >= 4 is 29.0 Å². The summed E-state index contributed by atoms with van der Waals surface area (Å²) in [6.07, 6.45) is 1.23. The second-order valence-electron chi connectivity index (χ2n) is 4.48. The predicted octanol–water partition coefficient (Wildman–Crippen LogP) is 3.10. The number of hydrogen-bond acceptors (Lipinski definition) is 2. The Bertz CT molecular complexity index is 413. The molecule has 17 heavy (non-hydrogen) atoms. The lowest BCUT2D eigenvalue weighted by Crippen LogP contribution is -2.29. The summed E-state index contributed by atoms with van der Waals surface area (Å²) in [4.78, 5) is 12.2. The number of nitrogens with one attached hydrogen (secondary N) is 1. The van der Waals surface area contributed by atoms with Crippen LogP contribution in [-0.4, -0.2) is 18.4 Å². The highest BCUT2D eigenvalue weighted by molar-refractivity contribution is 6.36. The zero-order valence-corrected chi connectivity index (χ0v) is 11.2. The molecule has 1 aliphatic rings. The molecule has 1 aliphatic heterocycles. The van der Waals surface area contributed by atoms with Gasteiger partial charge in [-0.3, -0.25) is 4.79 Å². The summed E-state index contributed by atoms with van der Waals surface area (Å²) in [7, 11) is 0. The average Bonchev–Trinajstić information content (AvgIpc) is 2.70. The molecule has 92 valence electrons. The van der Waals surface area contributed by atoms with E-state index in [1.54, 1.807) is 18.2 Å². The highest BCUT2D eigenvalue weighted by Crippen LogP contribution is 2.27. The minimum Gasteiger partial charge on any atom is -0.314 e. The molecule has 2 rings (SSSR count). The second-order valence-corrected chi connectivity index (χ2v) is 5.30. The Balaban J connectivity index is 2.13. The fraction of sp³-hybridized carbons (Fsp3) is 0.462. The lowest BCUT2D eigenvalue weighted by atomic mass is 9.92. The molecular weight excluding hydrogens is 257 g/mol. The molecule has 0 aliphatic carbocycles. The van der Waals surface area contributed by atoms with Crippen molar-refractivity contribution in [2.75, 3.05) is 6.54 Å². The molecule has 1 heterocycles. The number of benzene rings is 1. The smallest absolute Gasteiger partial charge is 0.142 e. The Morgan fingerprint density at radius 3 is 2.59 bits per heavy atom. The molecule has 0 saturated carbocycles. The van der Waals surface area contributed by atoms with Crippen LogP contribution in [-0.2, 0) is 11.2 Å². The molecule has 1 N–H and O–H groups in total. The van der Waals surface area contributed by atoms with E-state index in [0.29, 0.717) is 16.5 Å². The van der Waals surface area contributed by atoms with Crippen LogP contribution in [0.1, 0.15) is 18.9 Å². The monoisotopic (exact) mass is 271 g/mol. The van der Waals surface area contributed by atoms with Gasteiger partial charge >= 0.3 is 0 Å². The molecule has 0 radical (unpaired) electrons. The number of halogens is 2. The largest absolute Gasteiger partial charge is 0.314 e. The number of rotatable bonds is 3. The lowest BCUT2D eigenvalue weighted by Gasteiger charge is -2.14. The molecule has 2 atom stereocenters. The van der Waals surface area contributed by atoms with Crippen LogP contribution < -0.4 is 5.32 Å². The van der Waals surface area contributed by atoms with E-state index in [0.717, 1.165) is 18.5 Å². The zero-order valence-electron chi connectivity index (χ0n) is 9.67. The third-order valence-electron chi connectivity index (χ3n) is 3.35. The molecule has 2 nitrogen and oxygen atoms in total. The minimum absolute atomic E-state index is 0.0855. The summed E-state index contributed by atoms with van der Waals surface area (Å²) < 4.78 is 0. The van der Waals surface area contributed by atoms with E-state index in [-0.39, 0.29) is 17.7 Å². The van der Waals surface area contributed by atoms with Crippen LogP contribution in [0.4, 0.5) is 0 Å². The van der Waals surface area contributed by atoms with Crippen molar-refractivity contribution in [2.24, 2.45) is 5.92 Å². The first-order valence-corrected chi connectivity index (χ1v) is 6.54. The van der Waals surface area contributed by atoms with Crippen LogP contribution in [0, 0.1) is 5.92 Å². The van der Waals surface area contributed by atoms with E-state index in [2.05, 4.69) is 5.32 Å². The first-order valence-electron chi connectivity index (χ1n) is 5.78. The number of carbonyl (C=O) groups is 1. The number of Topliss-reactive ketones (excluding diaryl/α,β-unsaturated/α-hetero) is 1. The van der Waals surface area contributed by atoms with Gasteiger partial charge in [-0.25, -0.2) is 0 Å². The Kier molecular flexibility index (Phi) is 4.08. The maximum absolute atomic E-state index is 12.2. The molecule has 0 spiro atoms. The van der Waals surface area contributed by atoms with Crippen molar-refractivity contribution in [1.82, 2.24) is 5.32 Å². The predicted molar refractivity (Wildman–Crippen MR) is 70.7 cm³/mol. The summed E-state index contributed by atoms with van der Waals surface area (Å²) in [6.45, 7) is 2.96. The van der Waals surface area contributed by atoms with Gasteiger partial charge in [0.2, 0.25) is 0 Å². The Hall–Kier alpha value is -0.570. The van der Waals surface area contributed by atoms with Gasteiger partial charge < -0.3 is 5.32 Å². The maximum Gasteiger partial charge on any atom is 0.142 e. The summed E-state index contributed by atoms with van der Waals surface area (Å²) in [5.74, 6) is 0.305. The Labute approximate surface area is 111 Å². The van der Waals surface area contributed by atoms with E-state index in [1.165, 1.54) is 0 Å². The van der Waals surface area contributed by atoms with Gasteiger partial charge in [-0.15, -0.1) is 0 Å². The second kappa shape index (κ2) is 5.38. The molecule has 2 unspecified atom stereocenters. The molecule has 0 bridgehead atoms. The van der Waals surface area contributed by atoms with Crippen LogP contribution in [0.3, 0.4) is 0 Å². The van der Waals surface area contributed by atoms with E-state index in [4.69, 9.17) is 23.2 Å². The van der Waals surface area contributed by atoms with Gasteiger partial charge in [0.05, 0.1) is 0 Å². The quantitative estimate of drug-likeness (QED) is 0.916. The number of carbonyl (C=O) groups excluding carboxylic acids is 1. The summed E-state index contributed by atoms with van der Waals surface area (Å²) in [5.41, 5.74) is 0.750. The molecule has 1 aromatic carbocycles. The van der Waals surface area contributed by atoms with Crippen LogP contribution in [0.15, 0.2) is 18.2 Å². The highest BCUT2D eigenvalue weighted by atomic mass is 35.5. The lowest BCUT2D eigenvalue weighted by molar-refractivity contribution is -0.122. The fourth-order valence-corrected chi connectivity index (χ4v) is 2.84. The first-order chi connectivity index (χ1) is 8.09. The van der Waals surface area contributed by atoms with Gasteiger partial charge in [-0.2, -0.15) is 0 Å². The molecule has 1 aromatic rings. The SMILES string of the molecule is CC1NCCC1C(=O)Cc1c(Cl)cccc1Cl. The number of hydrogen-bond donors (Lipinski definition) is 1. The summed E-state index contributed by atoms with van der Waals surface area (Å²) in [5, 5.41) is 4.43. The first kappa shape index (κ1) is 12.9. The maximum atomic E-state index is 12.2. The van der Waals surface area contributed by atoms with Crippen LogP contribution >= 0.6 is 23.2 Å². The van der Waals surface area contributed by atoms with Crippen LogP contribution in [0.25, 0.3) is 0 Å². The van der Waals surface area contributed by atoms with Crippen molar-refractivity contribution in [3.8, 4) is 0 Å². The van der Waals surface area contributed by atoms with E-state index in [1.807, 2.05) is 6.92 Å². The Morgan fingerprint density at radius 2 is 2.06 bits per heavy atom. The standard InChI is InChI=1S/C13H15Cl2NO/c1-8-9(5-6-16-8)13(17)7-10-11(14)3-2-4-12(10)15/h2-4,8-9,16H,5-7H2,1H3. The average molecular weight is 272 g/mol. The molecule has 0 aromatic heterocycles. The molecule has 1 fully saturated rings. The number of ketones is 1. The summed E-state index contributed by atoms with van der Waals surface area (Å²) in [6, 6.07) is 5.58. The molecular formula is C13H15Cl2NO. The molecule has 1 saturated heterocycles. The van der Waals surface area contributed by atoms with E-state index >= 15 is 0 Å². The van der Waals surface area contributed by atoms with Crippen molar-refractivity contribution in [1.29, 1.82) is 0 Å². The van der Waals surface area contributed by atoms with E-state index in [9.17, 15) is 4.79 Å². The summed E-state index contributed by atoms with van der Waals surface area (Å²) >= 11 is 12.1. The topological polar surface area (TPSA) is 29.1 Å². The van der Waals surface area contributed by atoms with Gasteiger partial charge in [0, 0.05) is 28.4 Å². The fourth-order valence-electron chi connectivity index (χ4n) is 2.31. The van der Waals surface area contributed by atoms with Crippen LogP contribution in [0.5, 0.6) is 0 Å². The van der Waals surface area contributed by atoms with Crippen molar-refractivity contribution < 1.29 is 4.79 Å². The highest BCUT2D eigenvalue weighted by Gasteiger charge is 2.29. The molecule has 4 heteroatoms. The van der Waals surface area contributed by atoms with Crippen LogP contribution in [0.2, 0.25) is 10.0 Å². The normalized spacial score (nSPS) is 23.9. The van der Waals surface area contributed by atoms with Gasteiger partial charge in [0.25, 0.3) is 0 Å². The van der Waals surface area contributed by atoms with Crippen molar-refractivity contribution in [3.63, 3.8) is 0 Å². The molecule has 0 amide bonds. The Morgan fingerprint density at radius 1 is 1.41 bits per heavy atom. The van der Waals surface area contributed by atoms with E-state index < -0.39 is 0 Å². The van der Waals surface area contributed by atoms with Gasteiger partial charge in [-0.1, -0.05) is 29.3 Å². The van der Waals surface area contributed by atoms with Gasteiger partial charge in [-0.05, 0) is 37.6 Å². The minimum atomic E-state index is 0.0855. The third-order valence-corrected chi connectivity index (χ3v) is 4.06. The van der Waals surface area contributed by atoms with Gasteiger partial charge in [0.1, 0.15) is 5.78 Å².